The second-order valence-electron chi connectivity index (χ2n) is 3.58. The Morgan fingerprint density at radius 1 is 1.41 bits per heavy atom. The molecular weight excluding hydrogens is 234 g/mol. The van der Waals surface area contributed by atoms with E-state index in [4.69, 9.17) is 0 Å². The van der Waals surface area contributed by atoms with Gasteiger partial charge in [0.15, 0.2) is 5.17 Å². The average molecular weight is 247 g/mol. The summed E-state index contributed by atoms with van der Waals surface area (Å²) in [4.78, 5) is 10.9. The van der Waals surface area contributed by atoms with Gasteiger partial charge in [0.2, 0.25) is 5.91 Å². The quantitative estimate of drug-likeness (QED) is 0.654. The maximum absolute atomic E-state index is 10.9. The van der Waals surface area contributed by atoms with Crippen LogP contribution in [0.2, 0.25) is 0 Å². The standard InChI is InChI=1S/C12H13N3OS/c1-2-9-3-5-10(6-4-9)7-13-15-12-14-11(16)8-17-12/h3-7H,2,8H2,1H3,(H,14,15,16)/b13-7-. The molecular formula is C12H13N3OS. The molecule has 1 aliphatic rings. The summed E-state index contributed by atoms with van der Waals surface area (Å²) in [5.41, 5.74) is 2.30. The molecule has 1 aromatic rings. The van der Waals surface area contributed by atoms with E-state index in [0.717, 1.165) is 12.0 Å². The number of carbonyl (C=O) groups excluding carboxylic acids is 1. The number of hydrogen-bond donors (Lipinski definition) is 1. The predicted octanol–water partition coefficient (Wildman–Crippen LogP) is 1.80. The number of rotatable bonds is 3. The zero-order chi connectivity index (χ0) is 12.1. The number of aryl methyl sites for hydroxylation is 1. The Balaban J connectivity index is 1.98. The third kappa shape index (κ3) is 3.42. The SMILES string of the molecule is CCc1ccc(/C=N\N=C2\NC(=O)CS2)cc1. The second kappa shape index (κ2) is 5.63. The highest BCUT2D eigenvalue weighted by Gasteiger charge is 2.15. The lowest BCUT2D eigenvalue weighted by molar-refractivity contribution is -0.116. The average Bonchev–Trinajstić information content (AvgIpc) is 2.76. The molecule has 17 heavy (non-hydrogen) atoms. The van der Waals surface area contributed by atoms with Crippen molar-refractivity contribution >= 4 is 29.1 Å². The fraction of sp³-hybridized carbons (Fsp3) is 0.250. The van der Waals surface area contributed by atoms with E-state index in [1.807, 2.05) is 12.1 Å². The molecule has 1 saturated heterocycles. The molecule has 1 amide bonds. The van der Waals surface area contributed by atoms with Gasteiger partial charge in [-0.3, -0.25) is 4.79 Å². The predicted molar refractivity (Wildman–Crippen MR) is 71.4 cm³/mol. The first-order chi connectivity index (χ1) is 8.28. The van der Waals surface area contributed by atoms with E-state index in [-0.39, 0.29) is 5.91 Å². The summed E-state index contributed by atoms with van der Waals surface area (Å²) in [6, 6.07) is 8.15. The Kier molecular flexibility index (Phi) is 3.93. The summed E-state index contributed by atoms with van der Waals surface area (Å²) in [7, 11) is 0. The minimum absolute atomic E-state index is 0.0174. The van der Waals surface area contributed by atoms with E-state index in [2.05, 4.69) is 34.6 Å². The van der Waals surface area contributed by atoms with Crippen LogP contribution in [0.3, 0.4) is 0 Å². The van der Waals surface area contributed by atoms with E-state index in [0.29, 0.717) is 10.9 Å². The molecule has 0 spiro atoms. The number of carbonyl (C=O) groups is 1. The van der Waals surface area contributed by atoms with Crippen molar-refractivity contribution in [1.29, 1.82) is 0 Å². The zero-order valence-corrected chi connectivity index (χ0v) is 10.3. The van der Waals surface area contributed by atoms with Gasteiger partial charge < -0.3 is 5.32 Å². The Morgan fingerprint density at radius 2 is 2.18 bits per heavy atom. The Bertz CT molecular complexity index is 465. The van der Waals surface area contributed by atoms with Crippen LogP contribution in [0.15, 0.2) is 34.5 Å². The zero-order valence-electron chi connectivity index (χ0n) is 9.51. The van der Waals surface area contributed by atoms with Crippen LogP contribution in [0.5, 0.6) is 0 Å². The summed E-state index contributed by atoms with van der Waals surface area (Å²) < 4.78 is 0. The van der Waals surface area contributed by atoms with Gasteiger partial charge in [-0.1, -0.05) is 43.0 Å². The van der Waals surface area contributed by atoms with Gasteiger partial charge in [-0.15, -0.1) is 5.10 Å². The highest BCUT2D eigenvalue weighted by Crippen LogP contribution is 2.08. The number of thioether (sulfide) groups is 1. The van der Waals surface area contributed by atoms with E-state index in [9.17, 15) is 4.79 Å². The van der Waals surface area contributed by atoms with Crippen LogP contribution in [-0.4, -0.2) is 23.0 Å². The Hall–Kier alpha value is -1.62. The molecule has 0 saturated carbocycles. The lowest BCUT2D eigenvalue weighted by Gasteiger charge is -1.96. The van der Waals surface area contributed by atoms with Crippen molar-refractivity contribution in [3.05, 3.63) is 35.4 Å². The molecule has 0 atom stereocenters. The molecule has 0 aliphatic carbocycles. The van der Waals surface area contributed by atoms with Crippen LogP contribution in [0.25, 0.3) is 0 Å². The molecule has 2 rings (SSSR count). The van der Waals surface area contributed by atoms with Gasteiger partial charge in [0.1, 0.15) is 0 Å². The third-order valence-electron chi connectivity index (χ3n) is 2.33. The summed E-state index contributed by atoms with van der Waals surface area (Å²) in [5.74, 6) is 0.413. The molecule has 88 valence electrons. The normalized spacial score (nSPS) is 17.9. The van der Waals surface area contributed by atoms with Crippen LogP contribution < -0.4 is 5.32 Å². The largest absolute Gasteiger partial charge is 0.303 e. The first-order valence-electron chi connectivity index (χ1n) is 5.40. The van der Waals surface area contributed by atoms with E-state index >= 15 is 0 Å². The smallest absolute Gasteiger partial charge is 0.236 e. The summed E-state index contributed by atoms with van der Waals surface area (Å²) >= 11 is 1.37. The minimum Gasteiger partial charge on any atom is -0.303 e. The van der Waals surface area contributed by atoms with Gasteiger partial charge in [0, 0.05) is 0 Å². The molecule has 1 N–H and O–H groups in total. The van der Waals surface area contributed by atoms with Crippen molar-refractivity contribution in [3.63, 3.8) is 0 Å². The van der Waals surface area contributed by atoms with Crippen LogP contribution in [0.4, 0.5) is 0 Å². The van der Waals surface area contributed by atoms with Gasteiger partial charge in [0.25, 0.3) is 0 Å². The number of amides is 1. The van der Waals surface area contributed by atoms with Gasteiger partial charge in [0.05, 0.1) is 12.0 Å². The summed E-state index contributed by atoms with van der Waals surface area (Å²) in [6.45, 7) is 2.12. The molecule has 0 aromatic heterocycles. The van der Waals surface area contributed by atoms with Gasteiger partial charge in [-0.2, -0.15) is 5.10 Å². The maximum Gasteiger partial charge on any atom is 0.236 e. The number of nitrogens with one attached hydrogen (secondary N) is 1. The third-order valence-corrected chi connectivity index (χ3v) is 3.19. The van der Waals surface area contributed by atoms with Crippen LogP contribution in [0.1, 0.15) is 18.1 Å². The first-order valence-corrected chi connectivity index (χ1v) is 6.39. The molecule has 1 fully saturated rings. The fourth-order valence-electron chi connectivity index (χ4n) is 1.37. The second-order valence-corrected chi connectivity index (χ2v) is 4.55. The molecule has 1 aromatic carbocycles. The first kappa shape index (κ1) is 11.9. The molecule has 5 heteroatoms. The van der Waals surface area contributed by atoms with Crippen molar-refractivity contribution in [2.45, 2.75) is 13.3 Å². The van der Waals surface area contributed by atoms with Crippen LogP contribution in [-0.2, 0) is 11.2 Å². The molecule has 0 unspecified atom stereocenters. The number of nitrogens with zero attached hydrogens (tertiary/aromatic N) is 2. The lowest BCUT2D eigenvalue weighted by atomic mass is 10.1. The van der Waals surface area contributed by atoms with Crippen molar-refractivity contribution in [3.8, 4) is 0 Å². The van der Waals surface area contributed by atoms with E-state index < -0.39 is 0 Å². The maximum atomic E-state index is 10.9. The van der Waals surface area contributed by atoms with Crippen molar-refractivity contribution in [2.24, 2.45) is 10.2 Å². The molecule has 1 aliphatic heterocycles. The number of amidine groups is 1. The molecule has 0 bridgehead atoms. The number of hydrogen-bond acceptors (Lipinski definition) is 4. The van der Waals surface area contributed by atoms with Gasteiger partial charge in [-0.25, -0.2) is 0 Å². The monoisotopic (exact) mass is 247 g/mol. The topological polar surface area (TPSA) is 53.8 Å². The number of benzene rings is 1. The Morgan fingerprint density at radius 3 is 2.76 bits per heavy atom. The molecule has 0 radical (unpaired) electrons. The van der Waals surface area contributed by atoms with Crippen LogP contribution in [0, 0.1) is 0 Å². The van der Waals surface area contributed by atoms with Crippen molar-refractivity contribution in [2.75, 3.05) is 5.75 Å². The van der Waals surface area contributed by atoms with Crippen LogP contribution >= 0.6 is 11.8 Å². The van der Waals surface area contributed by atoms with Gasteiger partial charge >= 0.3 is 0 Å². The summed E-state index contributed by atoms with van der Waals surface area (Å²) in [5, 5.41) is 11.1. The van der Waals surface area contributed by atoms with Gasteiger partial charge in [-0.05, 0) is 17.5 Å². The molecule has 4 nitrogen and oxygen atoms in total. The van der Waals surface area contributed by atoms with Crippen molar-refractivity contribution < 1.29 is 4.79 Å². The van der Waals surface area contributed by atoms with E-state index in [1.54, 1.807) is 6.21 Å². The summed E-state index contributed by atoms with van der Waals surface area (Å²) in [6.07, 6.45) is 2.71. The Labute approximate surface area is 104 Å². The van der Waals surface area contributed by atoms with E-state index in [1.165, 1.54) is 17.3 Å². The molecule has 1 heterocycles. The highest BCUT2D eigenvalue weighted by molar-refractivity contribution is 8.15. The minimum atomic E-state index is -0.0174. The van der Waals surface area contributed by atoms with Crippen molar-refractivity contribution in [1.82, 2.24) is 5.32 Å². The fourth-order valence-corrected chi connectivity index (χ4v) is 2.00. The highest BCUT2D eigenvalue weighted by atomic mass is 32.2. The lowest BCUT2D eigenvalue weighted by Crippen LogP contribution is -2.19.